The number of aryl methyl sites for hydroxylation is 1. The molecule has 0 spiro atoms. The monoisotopic (exact) mass is 327 g/mol. The quantitative estimate of drug-likeness (QED) is 0.613. The van der Waals surface area contributed by atoms with Crippen molar-refractivity contribution in [2.75, 3.05) is 0 Å². The van der Waals surface area contributed by atoms with Crippen molar-refractivity contribution in [3.8, 4) is 0 Å². The maximum atomic E-state index is 12.8. The van der Waals surface area contributed by atoms with E-state index in [0.717, 1.165) is 56.7 Å². The zero-order chi connectivity index (χ0) is 13.7. The zero-order valence-corrected chi connectivity index (χ0v) is 12.6. The summed E-state index contributed by atoms with van der Waals surface area (Å²) in [4.78, 5) is 16.3. The molecule has 1 aliphatic rings. The molecule has 3 aromatic rings. The van der Waals surface area contributed by atoms with Crippen LogP contribution in [-0.4, -0.2) is 4.98 Å². The van der Waals surface area contributed by atoms with Gasteiger partial charge >= 0.3 is 0 Å². The first-order valence-corrected chi connectivity index (χ1v) is 7.79. The number of rotatable bonds is 0. The number of benzene rings is 2. The maximum Gasteiger partial charge on any atom is 0.193 e. The normalized spacial score (nSPS) is 14.7. The number of halogens is 1. The standard InChI is InChI=1S/C17H14BrNO/c18-11-6-7-12-10(9-11)5-8-15-16(12)17(20)13-3-1-2-4-14(13)19-15/h5-9H,1-4H2,(H,19,20). The first kappa shape index (κ1) is 12.2. The average Bonchev–Trinajstić information content (AvgIpc) is 2.47. The van der Waals surface area contributed by atoms with Gasteiger partial charge in [-0.1, -0.05) is 28.1 Å². The predicted molar refractivity (Wildman–Crippen MR) is 86.4 cm³/mol. The number of nitrogens with one attached hydrogen (secondary N) is 1. The molecule has 20 heavy (non-hydrogen) atoms. The van der Waals surface area contributed by atoms with Gasteiger partial charge in [0.15, 0.2) is 5.43 Å². The molecule has 0 atom stereocenters. The number of aromatic amines is 1. The lowest BCUT2D eigenvalue weighted by Crippen LogP contribution is -2.18. The molecule has 3 heteroatoms. The molecule has 1 aliphatic carbocycles. The van der Waals surface area contributed by atoms with Crippen molar-refractivity contribution in [1.82, 2.24) is 4.98 Å². The first-order chi connectivity index (χ1) is 9.74. The number of H-pyrrole nitrogens is 1. The SMILES string of the molecule is O=c1c2c([nH]c3ccc4cc(Br)ccc4c13)CCCC2. The molecule has 0 fully saturated rings. The van der Waals surface area contributed by atoms with Crippen LogP contribution in [0.2, 0.25) is 0 Å². The van der Waals surface area contributed by atoms with Crippen molar-refractivity contribution in [3.05, 3.63) is 56.3 Å². The minimum Gasteiger partial charge on any atom is -0.358 e. The second-order valence-corrected chi connectivity index (χ2v) is 6.39. The van der Waals surface area contributed by atoms with E-state index < -0.39 is 0 Å². The Morgan fingerprint density at radius 2 is 1.90 bits per heavy atom. The van der Waals surface area contributed by atoms with Gasteiger partial charge in [0, 0.05) is 15.7 Å². The van der Waals surface area contributed by atoms with Crippen LogP contribution < -0.4 is 5.43 Å². The Kier molecular flexibility index (Phi) is 2.71. The van der Waals surface area contributed by atoms with Gasteiger partial charge in [0.2, 0.25) is 0 Å². The van der Waals surface area contributed by atoms with Crippen molar-refractivity contribution in [2.45, 2.75) is 25.7 Å². The van der Waals surface area contributed by atoms with Crippen LogP contribution in [0.15, 0.2) is 39.6 Å². The second kappa shape index (κ2) is 4.45. The number of hydrogen-bond acceptors (Lipinski definition) is 1. The second-order valence-electron chi connectivity index (χ2n) is 5.47. The van der Waals surface area contributed by atoms with Crippen LogP contribution in [0.5, 0.6) is 0 Å². The first-order valence-electron chi connectivity index (χ1n) is 7.00. The molecule has 0 radical (unpaired) electrons. The van der Waals surface area contributed by atoms with Gasteiger partial charge in [-0.25, -0.2) is 0 Å². The van der Waals surface area contributed by atoms with Crippen LogP contribution in [0.25, 0.3) is 21.7 Å². The van der Waals surface area contributed by atoms with E-state index in [9.17, 15) is 4.79 Å². The van der Waals surface area contributed by atoms with Crippen LogP contribution in [0.1, 0.15) is 24.1 Å². The summed E-state index contributed by atoms with van der Waals surface area (Å²) in [6, 6.07) is 10.2. The lowest BCUT2D eigenvalue weighted by atomic mass is 9.93. The molecule has 2 aromatic carbocycles. The largest absolute Gasteiger partial charge is 0.358 e. The fourth-order valence-corrected chi connectivity index (χ4v) is 3.64. The van der Waals surface area contributed by atoms with Crippen LogP contribution in [0.3, 0.4) is 0 Å². The molecule has 0 saturated heterocycles. The van der Waals surface area contributed by atoms with Crippen molar-refractivity contribution >= 4 is 37.6 Å². The van der Waals surface area contributed by atoms with Gasteiger partial charge in [0.1, 0.15) is 0 Å². The van der Waals surface area contributed by atoms with Crippen molar-refractivity contribution in [1.29, 1.82) is 0 Å². The van der Waals surface area contributed by atoms with E-state index in [2.05, 4.69) is 33.0 Å². The molecule has 1 N–H and O–H groups in total. The van der Waals surface area contributed by atoms with Gasteiger partial charge in [-0.05, 0) is 54.7 Å². The molecule has 100 valence electrons. The highest BCUT2D eigenvalue weighted by atomic mass is 79.9. The summed E-state index contributed by atoms with van der Waals surface area (Å²) in [6.45, 7) is 0. The molecule has 4 rings (SSSR count). The van der Waals surface area contributed by atoms with Gasteiger partial charge < -0.3 is 4.98 Å². The third-order valence-electron chi connectivity index (χ3n) is 4.24. The number of fused-ring (bicyclic) bond motifs is 4. The molecule has 0 unspecified atom stereocenters. The molecule has 1 heterocycles. The minimum absolute atomic E-state index is 0.223. The fraction of sp³-hybridized carbons (Fsp3) is 0.235. The van der Waals surface area contributed by atoms with Crippen molar-refractivity contribution in [3.63, 3.8) is 0 Å². The summed E-state index contributed by atoms with van der Waals surface area (Å²) >= 11 is 3.49. The van der Waals surface area contributed by atoms with Crippen LogP contribution in [0, 0.1) is 0 Å². The highest BCUT2D eigenvalue weighted by Crippen LogP contribution is 2.27. The van der Waals surface area contributed by atoms with Gasteiger partial charge in [-0.3, -0.25) is 4.79 Å². The Hall–Kier alpha value is -1.61. The topological polar surface area (TPSA) is 32.9 Å². The summed E-state index contributed by atoms with van der Waals surface area (Å²) in [5, 5.41) is 2.99. The highest BCUT2D eigenvalue weighted by molar-refractivity contribution is 9.10. The Labute approximate surface area is 124 Å². The van der Waals surface area contributed by atoms with Crippen LogP contribution in [-0.2, 0) is 12.8 Å². The van der Waals surface area contributed by atoms with Gasteiger partial charge in [0.05, 0.1) is 10.9 Å². The average molecular weight is 328 g/mol. The molecular formula is C17H14BrNO. The summed E-state index contributed by atoms with van der Waals surface area (Å²) in [7, 11) is 0. The lowest BCUT2D eigenvalue weighted by Gasteiger charge is -2.16. The molecular weight excluding hydrogens is 314 g/mol. The van der Waals surface area contributed by atoms with Crippen molar-refractivity contribution < 1.29 is 0 Å². The third-order valence-corrected chi connectivity index (χ3v) is 4.73. The predicted octanol–water partition coefficient (Wildman–Crippen LogP) is 4.32. The lowest BCUT2D eigenvalue weighted by molar-refractivity contribution is 0.668. The van der Waals surface area contributed by atoms with Gasteiger partial charge in [-0.2, -0.15) is 0 Å². The van der Waals surface area contributed by atoms with E-state index in [1.165, 1.54) is 6.42 Å². The van der Waals surface area contributed by atoms with E-state index in [-0.39, 0.29) is 5.43 Å². The van der Waals surface area contributed by atoms with Crippen LogP contribution in [0.4, 0.5) is 0 Å². The number of pyridine rings is 1. The molecule has 0 saturated carbocycles. The molecule has 0 bridgehead atoms. The van der Waals surface area contributed by atoms with E-state index in [0.29, 0.717) is 0 Å². The summed E-state index contributed by atoms with van der Waals surface area (Å²) in [6.07, 6.45) is 4.21. The minimum atomic E-state index is 0.223. The summed E-state index contributed by atoms with van der Waals surface area (Å²) in [5.41, 5.74) is 3.33. The third kappa shape index (κ3) is 1.73. The number of aromatic nitrogens is 1. The molecule has 0 amide bonds. The van der Waals surface area contributed by atoms with E-state index in [1.807, 2.05) is 18.2 Å². The van der Waals surface area contributed by atoms with Gasteiger partial charge in [-0.15, -0.1) is 0 Å². The Bertz CT molecular complexity index is 895. The molecule has 0 aliphatic heterocycles. The fourth-order valence-electron chi connectivity index (χ4n) is 3.26. The van der Waals surface area contributed by atoms with Gasteiger partial charge in [0.25, 0.3) is 0 Å². The van der Waals surface area contributed by atoms with Crippen LogP contribution >= 0.6 is 15.9 Å². The van der Waals surface area contributed by atoms with E-state index in [4.69, 9.17) is 0 Å². The van der Waals surface area contributed by atoms with Crippen molar-refractivity contribution in [2.24, 2.45) is 0 Å². The Morgan fingerprint density at radius 1 is 1.05 bits per heavy atom. The smallest absolute Gasteiger partial charge is 0.193 e. The summed E-state index contributed by atoms with van der Waals surface area (Å²) in [5.74, 6) is 0. The van der Waals surface area contributed by atoms with E-state index in [1.54, 1.807) is 0 Å². The summed E-state index contributed by atoms with van der Waals surface area (Å²) < 4.78 is 1.04. The Morgan fingerprint density at radius 3 is 2.80 bits per heavy atom. The molecule has 1 aromatic heterocycles. The zero-order valence-electron chi connectivity index (χ0n) is 11.0. The highest BCUT2D eigenvalue weighted by Gasteiger charge is 2.16. The Balaban J connectivity index is 2.19. The molecule has 2 nitrogen and oxygen atoms in total. The van der Waals surface area contributed by atoms with E-state index >= 15 is 0 Å². The number of hydrogen-bond donors (Lipinski definition) is 1. The maximum absolute atomic E-state index is 12.8.